The van der Waals surface area contributed by atoms with Gasteiger partial charge < -0.3 is 10.4 Å². The largest absolute Gasteiger partial charge is 0.396 e. The summed E-state index contributed by atoms with van der Waals surface area (Å²) in [6, 6.07) is 0. The number of nitrogens with one attached hydrogen (secondary N) is 1. The van der Waals surface area contributed by atoms with E-state index in [4.69, 9.17) is 5.11 Å². The highest BCUT2D eigenvalue weighted by Crippen LogP contribution is 2.31. The zero-order chi connectivity index (χ0) is 7.61. The summed E-state index contributed by atoms with van der Waals surface area (Å²) in [6.45, 7) is 0.406. The molecule has 1 heterocycles. The Morgan fingerprint density at radius 3 is 2.50 bits per heavy atom. The van der Waals surface area contributed by atoms with E-state index >= 15 is 0 Å². The summed E-state index contributed by atoms with van der Waals surface area (Å²) in [4.78, 5) is 0. The Morgan fingerprint density at radius 1 is 1.60 bits per heavy atom. The Labute approximate surface area is 58.2 Å². The van der Waals surface area contributed by atoms with Gasteiger partial charge in [0.1, 0.15) is 0 Å². The third kappa shape index (κ3) is 1.13. The Hall–Kier alpha value is -0.220. The molecule has 1 aliphatic heterocycles. The molecule has 0 radical (unpaired) electrons. The quantitative estimate of drug-likeness (QED) is 0.592. The summed E-state index contributed by atoms with van der Waals surface area (Å²) in [5, 5.41) is 11.5. The van der Waals surface area contributed by atoms with Crippen molar-refractivity contribution in [3.05, 3.63) is 0 Å². The molecule has 0 amide bonds. The first-order valence-corrected chi connectivity index (χ1v) is 3.31. The minimum absolute atomic E-state index is 0.237. The number of halogens is 2. The molecule has 1 saturated heterocycles. The van der Waals surface area contributed by atoms with Gasteiger partial charge in [-0.2, -0.15) is 0 Å². The van der Waals surface area contributed by atoms with Crippen LogP contribution < -0.4 is 5.32 Å². The van der Waals surface area contributed by atoms with E-state index in [0.717, 1.165) is 0 Å². The minimum Gasteiger partial charge on any atom is -0.396 e. The molecule has 0 spiro atoms. The molecule has 0 aromatic rings. The van der Waals surface area contributed by atoms with Crippen LogP contribution in [0.15, 0.2) is 0 Å². The monoisotopic (exact) mass is 151 g/mol. The first-order valence-electron chi connectivity index (χ1n) is 3.31. The van der Waals surface area contributed by atoms with Crippen LogP contribution in [0.3, 0.4) is 0 Å². The first kappa shape index (κ1) is 7.88. The third-order valence-corrected chi connectivity index (χ3v) is 2.05. The second-order valence-corrected chi connectivity index (χ2v) is 2.75. The van der Waals surface area contributed by atoms with E-state index in [-0.39, 0.29) is 6.54 Å². The molecule has 4 heteroatoms. The number of aliphatic hydroxyl groups is 1. The van der Waals surface area contributed by atoms with E-state index in [1.807, 2.05) is 0 Å². The molecule has 1 unspecified atom stereocenters. The van der Waals surface area contributed by atoms with Gasteiger partial charge in [0, 0.05) is 6.54 Å². The van der Waals surface area contributed by atoms with Gasteiger partial charge in [-0.3, -0.25) is 0 Å². The van der Waals surface area contributed by atoms with Gasteiger partial charge in [0.2, 0.25) is 6.43 Å². The average Bonchev–Trinajstić information content (AvgIpc) is 2.35. The molecular weight excluding hydrogens is 140 g/mol. The molecule has 60 valence electrons. The Kier molecular flexibility index (Phi) is 2.21. The lowest BCUT2D eigenvalue weighted by Crippen LogP contribution is -2.35. The highest BCUT2D eigenvalue weighted by atomic mass is 19.3. The standard InChI is InChI=1S/C6H11F2NO/c7-5(8)6(4-10)1-2-9-3-6/h5,9-10H,1-4H2. The second-order valence-electron chi connectivity index (χ2n) is 2.75. The van der Waals surface area contributed by atoms with Crippen LogP contribution in [0.1, 0.15) is 6.42 Å². The molecule has 0 aliphatic carbocycles. The Balaban J connectivity index is 2.58. The normalized spacial score (nSPS) is 33.6. The predicted octanol–water partition coefficient (Wildman–Crippen LogP) is 0.224. The van der Waals surface area contributed by atoms with Gasteiger partial charge in [0.25, 0.3) is 0 Å². The van der Waals surface area contributed by atoms with Crippen LogP contribution in [0.5, 0.6) is 0 Å². The highest BCUT2D eigenvalue weighted by molar-refractivity contribution is 4.89. The van der Waals surface area contributed by atoms with Crippen LogP contribution >= 0.6 is 0 Å². The molecule has 0 saturated carbocycles. The van der Waals surface area contributed by atoms with Gasteiger partial charge in [0.15, 0.2) is 0 Å². The number of aliphatic hydroxyl groups excluding tert-OH is 1. The van der Waals surface area contributed by atoms with Crippen molar-refractivity contribution < 1.29 is 13.9 Å². The smallest absolute Gasteiger partial charge is 0.247 e. The maximum absolute atomic E-state index is 12.2. The molecular formula is C6H11F2NO. The van der Waals surface area contributed by atoms with Crippen LogP contribution in [-0.4, -0.2) is 31.2 Å². The molecule has 10 heavy (non-hydrogen) atoms. The van der Waals surface area contributed by atoms with Crippen LogP contribution in [0, 0.1) is 5.41 Å². The maximum atomic E-state index is 12.2. The third-order valence-electron chi connectivity index (χ3n) is 2.05. The highest BCUT2D eigenvalue weighted by Gasteiger charge is 2.41. The second kappa shape index (κ2) is 2.80. The van der Waals surface area contributed by atoms with E-state index in [1.165, 1.54) is 0 Å². The number of rotatable bonds is 2. The molecule has 1 atom stereocenters. The van der Waals surface area contributed by atoms with Crippen LogP contribution in [0.2, 0.25) is 0 Å². The van der Waals surface area contributed by atoms with E-state index in [0.29, 0.717) is 13.0 Å². The lowest BCUT2D eigenvalue weighted by molar-refractivity contribution is -0.0286. The molecule has 0 aromatic heterocycles. The average molecular weight is 151 g/mol. The minimum atomic E-state index is -2.41. The lowest BCUT2D eigenvalue weighted by atomic mass is 9.89. The molecule has 2 nitrogen and oxygen atoms in total. The first-order chi connectivity index (χ1) is 4.71. The number of hydrogen-bond acceptors (Lipinski definition) is 2. The molecule has 1 aliphatic rings. The molecule has 2 N–H and O–H groups in total. The summed E-state index contributed by atoms with van der Waals surface area (Å²) in [6.07, 6.45) is -2.03. The topological polar surface area (TPSA) is 32.3 Å². The van der Waals surface area contributed by atoms with E-state index in [1.54, 1.807) is 0 Å². The fraction of sp³-hybridized carbons (Fsp3) is 1.00. The summed E-state index contributed by atoms with van der Waals surface area (Å²) < 4.78 is 24.4. The lowest BCUT2D eigenvalue weighted by Gasteiger charge is -2.23. The van der Waals surface area contributed by atoms with Crippen molar-refractivity contribution in [2.75, 3.05) is 19.7 Å². The summed E-state index contributed by atoms with van der Waals surface area (Å²) in [5.41, 5.74) is -1.15. The van der Waals surface area contributed by atoms with Gasteiger partial charge >= 0.3 is 0 Å². The zero-order valence-corrected chi connectivity index (χ0v) is 5.61. The number of alkyl halides is 2. The fourth-order valence-electron chi connectivity index (χ4n) is 1.15. The Bertz CT molecular complexity index is 112. The van der Waals surface area contributed by atoms with Gasteiger partial charge in [-0.1, -0.05) is 0 Å². The van der Waals surface area contributed by atoms with Crippen LogP contribution in [0.4, 0.5) is 8.78 Å². The summed E-state index contributed by atoms with van der Waals surface area (Å²) >= 11 is 0. The summed E-state index contributed by atoms with van der Waals surface area (Å²) in [5.74, 6) is 0. The zero-order valence-electron chi connectivity index (χ0n) is 5.61. The van der Waals surface area contributed by atoms with Crippen molar-refractivity contribution in [3.8, 4) is 0 Å². The Morgan fingerprint density at radius 2 is 2.30 bits per heavy atom. The summed E-state index contributed by atoms with van der Waals surface area (Å²) in [7, 11) is 0. The van der Waals surface area contributed by atoms with Crippen molar-refractivity contribution in [1.29, 1.82) is 0 Å². The van der Waals surface area contributed by atoms with Gasteiger partial charge in [-0.15, -0.1) is 0 Å². The van der Waals surface area contributed by atoms with Crippen molar-refractivity contribution in [1.82, 2.24) is 5.32 Å². The van der Waals surface area contributed by atoms with Crippen molar-refractivity contribution >= 4 is 0 Å². The van der Waals surface area contributed by atoms with Crippen molar-refractivity contribution in [3.63, 3.8) is 0 Å². The maximum Gasteiger partial charge on any atom is 0.247 e. The van der Waals surface area contributed by atoms with E-state index < -0.39 is 18.4 Å². The van der Waals surface area contributed by atoms with Gasteiger partial charge in [0.05, 0.1) is 12.0 Å². The fourth-order valence-corrected chi connectivity index (χ4v) is 1.15. The van der Waals surface area contributed by atoms with E-state index in [2.05, 4.69) is 5.32 Å². The predicted molar refractivity (Wildman–Crippen MR) is 33.0 cm³/mol. The van der Waals surface area contributed by atoms with Gasteiger partial charge in [-0.25, -0.2) is 8.78 Å². The molecule has 0 aromatic carbocycles. The molecule has 1 fully saturated rings. The van der Waals surface area contributed by atoms with Crippen molar-refractivity contribution in [2.24, 2.45) is 5.41 Å². The van der Waals surface area contributed by atoms with Crippen LogP contribution in [-0.2, 0) is 0 Å². The molecule has 1 rings (SSSR count). The van der Waals surface area contributed by atoms with Crippen LogP contribution in [0.25, 0.3) is 0 Å². The van der Waals surface area contributed by atoms with E-state index in [9.17, 15) is 8.78 Å². The number of hydrogen-bond donors (Lipinski definition) is 2. The molecule has 0 bridgehead atoms. The van der Waals surface area contributed by atoms with Crippen molar-refractivity contribution in [2.45, 2.75) is 12.8 Å². The van der Waals surface area contributed by atoms with Gasteiger partial charge in [-0.05, 0) is 13.0 Å². The SMILES string of the molecule is OCC1(C(F)F)CCNC1.